The van der Waals surface area contributed by atoms with E-state index in [1.807, 2.05) is 0 Å². The van der Waals surface area contributed by atoms with Gasteiger partial charge in [-0.3, -0.25) is 0 Å². The van der Waals surface area contributed by atoms with Gasteiger partial charge in [0.15, 0.2) is 11.6 Å². The molecule has 84 valence electrons. The summed E-state index contributed by atoms with van der Waals surface area (Å²) in [5.74, 6) is -2.94. The van der Waals surface area contributed by atoms with Crippen LogP contribution in [0.15, 0.2) is 18.3 Å². The van der Waals surface area contributed by atoms with Crippen molar-refractivity contribution in [2.24, 2.45) is 0 Å². The molecule has 1 heterocycles. The van der Waals surface area contributed by atoms with Crippen molar-refractivity contribution in [2.45, 2.75) is 6.92 Å². The van der Waals surface area contributed by atoms with Crippen molar-refractivity contribution in [1.82, 2.24) is 4.98 Å². The van der Waals surface area contributed by atoms with Crippen LogP contribution in [0.3, 0.4) is 0 Å². The van der Waals surface area contributed by atoms with Crippen LogP contribution in [0.2, 0.25) is 0 Å². The van der Waals surface area contributed by atoms with Crippen molar-refractivity contribution < 1.29 is 13.2 Å². The number of hydrogen-bond acceptors (Lipinski definition) is 2. The average molecular weight is 226 g/mol. The molecule has 0 aliphatic carbocycles. The second kappa shape index (κ2) is 4.00. The number of nitrogens with one attached hydrogen (secondary N) is 1. The summed E-state index contributed by atoms with van der Waals surface area (Å²) >= 11 is 0. The van der Waals surface area contributed by atoms with E-state index in [1.54, 1.807) is 6.92 Å². The number of nitrogens with zero attached hydrogens (tertiary/aromatic N) is 1. The molecule has 16 heavy (non-hydrogen) atoms. The first-order chi connectivity index (χ1) is 7.65. The first-order valence-electron chi connectivity index (χ1n) is 4.81. The van der Waals surface area contributed by atoms with E-state index in [4.69, 9.17) is 0 Å². The molecule has 0 atom stereocenters. The highest BCUT2D eigenvalue weighted by atomic mass is 19.2. The number of fused-ring (bicyclic) bond motifs is 1. The highest BCUT2D eigenvalue weighted by Gasteiger charge is 2.15. The summed E-state index contributed by atoms with van der Waals surface area (Å²) in [6.07, 6.45) is 1.35. The number of benzene rings is 1. The Morgan fingerprint density at radius 1 is 1.25 bits per heavy atom. The van der Waals surface area contributed by atoms with E-state index in [1.165, 1.54) is 12.3 Å². The molecule has 2 rings (SSSR count). The lowest BCUT2D eigenvalue weighted by atomic mass is 10.1. The topological polar surface area (TPSA) is 24.9 Å². The van der Waals surface area contributed by atoms with Gasteiger partial charge in [0.2, 0.25) is 0 Å². The Hall–Kier alpha value is -1.78. The molecule has 2 aromatic rings. The summed E-state index contributed by atoms with van der Waals surface area (Å²) in [6, 6.07) is 1.85. The van der Waals surface area contributed by atoms with Gasteiger partial charge in [-0.05, 0) is 13.0 Å². The summed E-state index contributed by atoms with van der Waals surface area (Å²) in [7, 11) is 0. The average Bonchev–Trinajstić information content (AvgIpc) is 2.26. The smallest absolute Gasteiger partial charge is 0.170 e. The van der Waals surface area contributed by atoms with Gasteiger partial charge >= 0.3 is 0 Å². The zero-order chi connectivity index (χ0) is 11.7. The lowest BCUT2D eigenvalue weighted by Gasteiger charge is -2.08. The maximum absolute atomic E-state index is 13.5. The van der Waals surface area contributed by atoms with Crippen LogP contribution in [0.25, 0.3) is 10.8 Å². The van der Waals surface area contributed by atoms with Crippen LogP contribution in [-0.4, -0.2) is 11.5 Å². The number of anilines is 1. The summed E-state index contributed by atoms with van der Waals surface area (Å²) < 4.78 is 40.0. The van der Waals surface area contributed by atoms with E-state index in [2.05, 4.69) is 10.3 Å². The van der Waals surface area contributed by atoms with Crippen molar-refractivity contribution >= 4 is 16.6 Å². The first-order valence-corrected chi connectivity index (χ1v) is 4.81. The van der Waals surface area contributed by atoms with Gasteiger partial charge in [0.05, 0.1) is 5.39 Å². The Kier molecular flexibility index (Phi) is 2.68. The van der Waals surface area contributed by atoms with Gasteiger partial charge in [0, 0.05) is 24.2 Å². The van der Waals surface area contributed by atoms with Gasteiger partial charge in [-0.1, -0.05) is 0 Å². The molecular weight excluding hydrogens is 217 g/mol. The van der Waals surface area contributed by atoms with Gasteiger partial charge in [0.25, 0.3) is 0 Å². The molecule has 0 bridgehead atoms. The molecule has 1 aromatic carbocycles. The zero-order valence-corrected chi connectivity index (χ0v) is 8.52. The predicted molar refractivity (Wildman–Crippen MR) is 55.8 cm³/mol. The van der Waals surface area contributed by atoms with Gasteiger partial charge in [0.1, 0.15) is 11.6 Å². The normalized spacial score (nSPS) is 10.8. The zero-order valence-electron chi connectivity index (χ0n) is 8.52. The highest BCUT2D eigenvalue weighted by Crippen LogP contribution is 2.28. The lowest BCUT2D eigenvalue weighted by molar-refractivity contribution is 0.505. The summed E-state index contributed by atoms with van der Waals surface area (Å²) in [5.41, 5.74) is 0. The van der Waals surface area contributed by atoms with Crippen molar-refractivity contribution in [3.05, 3.63) is 35.8 Å². The van der Waals surface area contributed by atoms with Gasteiger partial charge in [-0.2, -0.15) is 0 Å². The summed E-state index contributed by atoms with van der Waals surface area (Å²) in [6.45, 7) is 2.28. The quantitative estimate of drug-likeness (QED) is 0.796. The second-order valence-corrected chi connectivity index (χ2v) is 3.27. The maximum Gasteiger partial charge on any atom is 0.170 e. The standard InChI is InChI=1S/C11H9F3N2/c1-2-15-11-9-6(3-4-16-11)7(12)5-8(13)10(9)14/h3-5H,2H2,1H3,(H,15,16). The van der Waals surface area contributed by atoms with Crippen molar-refractivity contribution in [3.63, 3.8) is 0 Å². The lowest BCUT2D eigenvalue weighted by Crippen LogP contribution is -2.02. The molecule has 2 nitrogen and oxygen atoms in total. The van der Waals surface area contributed by atoms with Crippen LogP contribution in [0.1, 0.15) is 6.92 Å². The number of halogens is 3. The Morgan fingerprint density at radius 3 is 2.69 bits per heavy atom. The number of aromatic nitrogens is 1. The molecule has 0 unspecified atom stereocenters. The Balaban J connectivity index is 2.84. The summed E-state index contributed by atoms with van der Waals surface area (Å²) in [5, 5.41) is 2.63. The Morgan fingerprint density at radius 2 is 2.00 bits per heavy atom. The van der Waals surface area contributed by atoms with E-state index in [-0.39, 0.29) is 16.6 Å². The van der Waals surface area contributed by atoms with E-state index < -0.39 is 17.5 Å². The SMILES string of the molecule is CCNc1nccc2c(F)cc(F)c(F)c12. The van der Waals surface area contributed by atoms with Crippen molar-refractivity contribution in [1.29, 1.82) is 0 Å². The van der Waals surface area contributed by atoms with Crippen molar-refractivity contribution in [2.75, 3.05) is 11.9 Å². The number of rotatable bonds is 2. The van der Waals surface area contributed by atoms with Crippen LogP contribution < -0.4 is 5.32 Å². The maximum atomic E-state index is 13.5. The monoisotopic (exact) mass is 226 g/mol. The van der Waals surface area contributed by atoms with Gasteiger partial charge < -0.3 is 5.32 Å². The first kappa shape index (κ1) is 10.7. The minimum atomic E-state index is -1.21. The molecular formula is C11H9F3N2. The van der Waals surface area contributed by atoms with Gasteiger partial charge in [-0.15, -0.1) is 0 Å². The van der Waals surface area contributed by atoms with E-state index >= 15 is 0 Å². The molecule has 0 aliphatic rings. The van der Waals surface area contributed by atoms with Crippen LogP contribution in [0, 0.1) is 17.5 Å². The third-order valence-corrected chi connectivity index (χ3v) is 2.24. The third kappa shape index (κ3) is 1.58. The highest BCUT2D eigenvalue weighted by molar-refractivity contribution is 5.92. The molecule has 1 aromatic heterocycles. The molecule has 0 radical (unpaired) electrons. The molecule has 0 saturated heterocycles. The van der Waals surface area contributed by atoms with Crippen LogP contribution in [-0.2, 0) is 0 Å². The largest absolute Gasteiger partial charge is 0.370 e. The fourth-order valence-corrected chi connectivity index (χ4v) is 1.56. The minimum absolute atomic E-state index is 0.0184. The van der Waals surface area contributed by atoms with Crippen LogP contribution in [0.4, 0.5) is 19.0 Å². The van der Waals surface area contributed by atoms with E-state index in [0.29, 0.717) is 12.6 Å². The third-order valence-electron chi connectivity index (χ3n) is 2.24. The molecule has 0 fully saturated rings. The van der Waals surface area contributed by atoms with Crippen LogP contribution in [0.5, 0.6) is 0 Å². The molecule has 0 amide bonds. The molecule has 1 N–H and O–H groups in total. The van der Waals surface area contributed by atoms with Gasteiger partial charge in [-0.25, -0.2) is 18.2 Å². The van der Waals surface area contributed by atoms with Crippen LogP contribution >= 0.6 is 0 Å². The molecule has 5 heteroatoms. The van der Waals surface area contributed by atoms with E-state index in [9.17, 15) is 13.2 Å². The number of pyridine rings is 1. The molecule has 0 spiro atoms. The van der Waals surface area contributed by atoms with Crippen molar-refractivity contribution in [3.8, 4) is 0 Å². The summed E-state index contributed by atoms with van der Waals surface area (Å²) in [4.78, 5) is 3.86. The second-order valence-electron chi connectivity index (χ2n) is 3.27. The fourth-order valence-electron chi connectivity index (χ4n) is 1.56. The predicted octanol–water partition coefficient (Wildman–Crippen LogP) is 3.08. The Labute approximate surface area is 90.1 Å². The Bertz CT molecular complexity index is 540. The fraction of sp³-hybridized carbons (Fsp3) is 0.182. The number of hydrogen-bond donors (Lipinski definition) is 1. The molecule has 0 saturated carbocycles. The molecule has 0 aliphatic heterocycles. The minimum Gasteiger partial charge on any atom is -0.370 e. The van der Waals surface area contributed by atoms with E-state index in [0.717, 1.165) is 0 Å².